The van der Waals surface area contributed by atoms with Gasteiger partial charge in [0.05, 0.1) is 7.11 Å². The van der Waals surface area contributed by atoms with Gasteiger partial charge in [-0.1, -0.05) is 0 Å². The number of hydrogen-bond acceptors (Lipinski definition) is 4. The summed E-state index contributed by atoms with van der Waals surface area (Å²) in [6.45, 7) is 5.35. The topological polar surface area (TPSA) is 76.7 Å². The standard InChI is InChI=1S/C13H18N2O4/c1-13(2,3)19-12(17)14-10-7-5-9(6-8-10)11(16)15-18-4/h5-8H,1-4H3,(H,14,17)(H,15,16). The Morgan fingerprint density at radius 1 is 1.11 bits per heavy atom. The van der Waals surface area contributed by atoms with Gasteiger partial charge in [-0.3, -0.25) is 14.9 Å². The number of hydrogen-bond donors (Lipinski definition) is 2. The highest BCUT2D eigenvalue weighted by Crippen LogP contribution is 2.12. The molecular weight excluding hydrogens is 248 g/mol. The van der Waals surface area contributed by atoms with Gasteiger partial charge in [0.15, 0.2) is 0 Å². The number of hydroxylamine groups is 1. The van der Waals surface area contributed by atoms with Crippen molar-refractivity contribution in [3.8, 4) is 0 Å². The predicted octanol–water partition coefficient (Wildman–Crippen LogP) is 2.32. The Hall–Kier alpha value is -2.08. The number of carbonyl (C=O) groups is 2. The molecule has 0 bridgehead atoms. The lowest BCUT2D eigenvalue weighted by molar-refractivity contribution is 0.0537. The SMILES string of the molecule is CONC(=O)c1ccc(NC(=O)OC(C)(C)C)cc1. The average Bonchev–Trinajstić information content (AvgIpc) is 2.27. The van der Waals surface area contributed by atoms with Crippen LogP contribution in [0.3, 0.4) is 0 Å². The van der Waals surface area contributed by atoms with E-state index in [4.69, 9.17) is 4.74 Å². The minimum absolute atomic E-state index is 0.355. The molecule has 6 nitrogen and oxygen atoms in total. The molecule has 104 valence electrons. The van der Waals surface area contributed by atoms with E-state index in [2.05, 4.69) is 15.6 Å². The zero-order valence-corrected chi connectivity index (χ0v) is 11.4. The van der Waals surface area contributed by atoms with Crippen LogP contribution in [0.25, 0.3) is 0 Å². The molecule has 0 aliphatic rings. The Balaban J connectivity index is 2.62. The highest BCUT2D eigenvalue weighted by atomic mass is 16.6. The Labute approximate surface area is 112 Å². The lowest BCUT2D eigenvalue weighted by atomic mass is 10.2. The van der Waals surface area contributed by atoms with Crippen molar-refractivity contribution in [2.45, 2.75) is 26.4 Å². The average molecular weight is 266 g/mol. The van der Waals surface area contributed by atoms with Gasteiger partial charge < -0.3 is 4.74 Å². The van der Waals surface area contributed by atoms with Crippen molar-refractivity contribution >= 4 is 17.7 Å². The summed E-state index contributed by atoms with van der Waals surface area (Å²) in [6.07, 6.45) is -0.540. The molecule has 2 amide bonds. The fourth-order valence-corrected chi connectivity index (χ4v) is 1.28. The van der Waals surface area contributed by atoms with Crippen LogP contribution >= 0.6 is 0 Å². The van der Waals surface area contributed by atoms with Crippen molar-refractivity contribution in [3.05, 3.63) is 29.8 Å². The van der Waals surface area contributed by atoms with Crippen molar-refractivity contribution in [1.82, 2.24) is 5.48 Å². The molecular formula is C13H18N2O4. The van der Waals surface area contributed by atoms with Crippen LogP contribution in [0.15, 0.2) is 24.3 Å². The molecule has 0 fully saturated rings. The summed E-state index contributed by atoms with van der Waals surface area (Å²) in [4.78, 5) is 27.5. The van der Waals surface area contributed by atoms with Crippen LogP contribution in [-0.2, 0) is 9.57 Å². The largest absolute Gasteiger partial charge is 0.444 e. The van der Waals surface area contributed by atoms with Gasteiger partial charge in [-0.15, -0.1) is 0 Å². The number of amides is 2. The van der Waals surface area contributed by atoms with E-state index in [1.54, 1.807) is 45.0 Å². The lowest BCUT2D eigenvalue weighted by Gasteiger charge is -2.19. The smallest absolute Gasteiger partial charge is 0.412 e. The monoisotopic (exact) mass is 266 g/mol. The van der Waals surface area contributed by atoms with E-state index in [0.29, 0.717) is 11.3 Å². The predicted molar refractivity (Wildman–Crippen MR) is 70.8 cm³/mol. The van der Waals surface area contributed by atoms with Crippen LogP contribution in [0.5, 0.6) is 0 Å². The van der Waals surface area contributed by atoms with Crippen molar-refractivity contribution in [1.29, 1.82) is 0 Å². The lowest BCUT2D eigenvalue weighted by Crippen LogP contribution is -2.27. The summed E-state index contributed by atoms with van der Waals surface area (Å²) < 4.78 is 5.11. The molecule has 0 aliphatic carbocycles. The first-order valence-corrected chi connectivity index (χ1v) is 5.75. The minimum atomic E-state index is -0.553. The second kappa shape index (κ2) is 6.19. The Morgan fingerprint density at radius 2 is 1.68 bits per heavy atom. The highest BCUT2D eigenvalue weighted by Gasteiger charge is 2.16. The third-order valence-electron chi connectivity index (χ3n) is 1.99. The summed E-state index contributed by atoms with van der Waals surface area (Å²) in [5.41, 5.74) is 2.62. The zero-order chi connectivity index (χ0) is 14.5. The number of carbonyl (C=O) groups excluding carboxylic acids is 2. The van der Waals surface area contributed by atoms with Gasteiger partial charge in [-0.2, -0.15) is 0 Å². The van der Waals surface area contributed by atoms with Gasteiger partial charge in [0.2, 0.25) is 0 Å². The molecule has 0 atom stereocenters. The molecule has 1 rings (SSSR count). The summed E-state index contributed by atoms with van der Waals surface area (Å²) in [5.74, 6) is -0.355. The molecule has 1 aromatic rings. The van der Waals surface area contributed by atoms with Crippen LogP contribution in [0, 0.1) is 0 Å². The van der Waals surface area contributed by atoms with Crippen LogP contribution in [0.2, 0.25) is 0 Å². The van der Waals surface area contributed by atoms with Gasteiger partial charge in [0, 0.05) is 11.3 Å². The molecule has 0 aromatic heterocycles. The van der Waals surface area contributed by atoms with Crippen molar-refractivity contribution in [3.63, 3.8) is 0 Å². The number of benzene rings is 1. The van der Waals surface area contributed by atoms with E-state index < -0.39 is 11.7 Å². The van der Waals surface area contributed by atoms with Crippen molar-refractivity contribution < 1.29 is 19.2 Å². The van der Waals surface area contributed by atoms with E-state index in [1.165, 1.54) is 7.11 Å². The van der Waals surface area contributed by atoms with Crippen molar-refractivity contribution in [2.75, 3.05) is 12.4 Å². The number of ether oxygens (including phenoxy) is 1. The van der Waals surface area contributed by atoms with Crippen LogP contribution in [-0.4, -0.2) is 24.7 Å². The summed E-state index contributed by atoms with van der Waals surface area (Å²) >= 11 is 0. The molecule has 1 aromatic carbocycles. The fraction of sp³-hybridized carbons (Fsp3) is 0.385. The summed E-state index contributed by atoms with van der Waals surface area (Å²) in [7, 11) is 1.36. The molecule has 0 saturated heterocycles. The van der Waals surface area contributed by atoms with E-state index in [1.807, 2.05) is 0 Å². The molecule has 0 saturated carbocycles. The molecule has 0 aliphatic heterocycles. The highest BCUT2D eigenvalue weighted by molar-refractivity contribution is 5.94. The molecule has 2 N–H and O–H groups in total. The molecule has 6 heteroatoms. The van der Waals surface area contributed by atoms with Gasteiger partial charge in [0.1, 0.15) is 5.60 Å². The zero-order valence-electron chi connectivity index (χ0n) is 11.4. The maximum atomic E-state index is 11.5. The summed E-state index contributed by atoms with van der Waals surface area (Å²) in [6, 6.07) is 6.35. The van der Waals surface area contributed by atoms with Gasteiger partial charge in [0.25, 0.3) is 5.91 Å². The first-order valence-electron chi connectivity index (χ1n) is 5.75. The first-order chi connectivity index (χ1) is 8.81. The third kappa shape index (κ3) is 5.39. The molecule has 0 heterocycles. The first kappa shape index (κ1) is 15.0. The third-order valence-corrected chi connectivity index (χ3v) is 1.99. The molecule has 0 radical (unpaired) electrons. The molecule has 19 heavy (non-hydrogen) atoms. The molecule has 0 unspecified atom stereocenters. The van der Waals surface area contributed by atoms with E-state index in [0.717, 1.165) is 0 Å². The molecule has 0 spiro atoms. The number of anilines is 1. The van der Waals surface area contributed by atoms with E-state index in [9.17, 15) is 9.59 Å². The van der Waals surface area contributed by atoms with Crippen LogP contribution < -0.4 is 10.8 Å². The second-order valence-corrected chi connectivity index (χ2v) is 4.84. The van der Waals surface area contributed by atoms with E-state index in [-0.39, 0.29) is 5.91 Å². The Morgan fingerprint density at radius 3 is 2.16 bits per heavy atom. The normalized spacial score (nSPS) is 10.7. The number of nitrogens with one attached hydrogen (secondary N) is 2. The van der Waals surface area contributed by atoms with Crippen LogP contribution in [0.1, 0.15) is 31.1 Å². The Kier molecular flexibility index (Phi) is 4.88. The van der Waals surface area contributed by atoms with Gasteiger partial charge >= 0.3 is 6.09 Å². The van der Waals surface area contributed by atoms with Gasteiger partial charge in [-0.25, -0.2) is 10.3 Å². The quantitative estimate of drug-likeness (QED) is 0.823. The minimum Gasteiger partial charge on any atom is -0.444 e. The summed E-state index contributed by atoms with van der Waals surface area (Å²) in [5, 5.41) is 2.57. The second-order valence-electron chi connectivity index (χ2n) is 4.84. The fourth-order valence-electron chi connectivity index (χ4n) is 1.28. The number of rotatable bonds is 3. The maximum absolute atomic E-state index is 11.5. The van der Waals surface area contributed by atoms with Gasteiger partial charge in [-0.05, 0) is 45.0 Å². The van der Waals surface area contributed by atoms with E-state index >= 15 is 0 Å². The Bertz CT molecular complexity index is 449. The van der Waals surface area contributed by atoms with Crippen LogP contribution in [0.4, 0.5) is 10.5 Å². The maximum Gasteiger partial charge on any atom is 0.412 e. The van der Waals surface area contributed by atoms with Crippen molar-refractivity contribution in [2.24, 2.45) is 0 Å².